The van der Waals surface area contributed by atoms with Gasteiger partial charge in [0.25, 0.3) is 0 Å². The van der Waals surface area contributed by atoms with Crippen molar-refractivity contribution in [3.05, 3.63) is 23.9 Å². The third-order valence-corrected chi connectivity index (χ3v) is 2.16. The average Bonchev–Trinajstić information content (AvgIpc) is 2.25. The first-order chi connectivity index (χ1) is 7.81. The van der Waals surface area contributed by atoms with Gasteiger partial charge < -0.3 is 4.74 Å². The molecule has 0 radical (unpaired) electrons. The molecule has 0 aliphatic rings. The number of alkyl halides is 3. The maximum absolute atomic E-state index is 12.2. The van der Waals surface area contributed by atoms with Crippen LogP contribution in [-0.2, 0) is 4.74 Å². The predicted molar refractivity (Wildman–Crippen MR) is 63.1 cm³/mol. The van der Waals surface area contributed by atoms with Gasteiger partial charge in [-0.1, -0.05) is 13.5 Å². The molecule has 0 saturated carbocycles. The Hall–Kier alpha value is -1.10. The van der Waals surface area contributed by atoms with Crippen LogP contribution in [-0.4, -0.2) is 25.6 Å². The molecule has 0 bridgehead atoms. The van der Waals surface area contributed by atoms with Gasteiger partial charge in [0, 0.05) is 25.4 Å². The summed E-state index contributed by atoms with van der Waals surface area (Å²) < 4.78 is 41.7. The average molecular weight is 249 g/mol. The smallest absolute Gasteiger partial charge is 0.381 e. The summed E-state index contributed by atoms with van der Waals surface area (Å²) in [5, 5.41) is 0. The van der Waals surface area contributed by atoms with E-state index >= 15 is 0 Å². The molecule has 98 valence electrons. The number of hydrogen-bond donors (Lipinski definition) is 0. The third-order valence-electron chi connectivity index (χ3n) is 2.16. The minimum atomic E-state index is -4.39. The van der Waals surface area contributed by atoms with Gasteiger partial charge in [-0.05, 0) is 19.4 Å². The van der Waals surface area contributed by atoms with E-state index in [0.29, 0.717) is 18.5 Å². The lowest BCUT2D eigenvalue weighted by atomic mass is 10.2. The first kappa shape index (κ1) is 15.9. The largest absolute Gasteiger partial charge is 0.415 e. The van der Waals surface area contributed by atoms with Gasteiger partial charge in [0.2, 0.25) is 0 Å². The Kier molecular flexibility index (Phi) is 6.80. The summed E-state index contributed by atoms with van der Waals surface area (Å²) in [6, 6.07) is 0. The molecule has 0 amide bonds. The number of halogens is 3. The van der Waals surface area contributed by atoms with E-state index in [9.17, 15) is 13.2 Å². The summed E-state index contributed by atoms with van der Waals surface area (Å²) in [6.45, 7) is 6.57. The van der Waals surface area contributed by atoms with Crippen LogP contribution in [0, 0.1) is 0 Å². The van der Waals surface area contributed by atoms with E-state index in [2.05, 4.69) is 11.6 Å². The van der Waals surface area contributed by atoms with Crippen molar-refractivity contribution in [2.24, 2.45) is 4.99 Å². The van der Waals surface area contributed by atoms with Crippen molar-refractivity contribution in [3.8, 4) is 0 Å². The molecular weight excluding hydrogens is 231 g/mol. The molecule has 0 aliphatic carbocycles. The topological polar surface area (TPSA) is 21.6 Å². The molecule has 17 heavy (non-hydrogen) atoms. The Morgan fingerprint density at radius 1 is 1.47 bits per heavy atom. The van der Waals surface area contributed by atoms with E-state index in [0.717, 1.165) is 6.08 Å². The van der Waals surface area contributed by atoms with Gasteiger partial charge in [-0.2, -0.15) is 13.2 Å². The quantitative estimate of drug-likeness (QED) is 0.517. The Bertz CT molecular complexity index is 305. The van der Waals surface area contributed by atoms with Crippen molar-refractivity contribution in [1.29, 1.82) is 0 Å². The first-order valence-corrected chi connectivity index (χ1v) is 5.33. The predicted octanol–water partition coefficient (Wildman–Crippen LogP) is 3.89. The normalized spacial score (nSPS) is 15.3. The van der Waals surface area contributed by atoms with Gasteiger partial charge >= 0.3 is 6.18 Å². The second-order valence-electron chi connectivity index (χ2n) is 3.61. The number of methoxy groups -OCH3 is 1. The standard InChI is InChI=1S/C12H18F3NO/c1-5-11(8-9(2)12(13,14)15)16-7-6-10(3)17-4/h7-8,10H,2,5-6H2,1,3-4H3/b11-8+,16-7?. The Balaban J connectivity index is 4.53. The fraction of sp³-hybridized carbons (Fsp3) is 0.583. The number of ether oxygens (including phenoxy) is 1. The fourth-order valence-electron chi connectivity index (χ4n) is 0.928. The molecule has 5 heteroatoms. The van der Waals surface area contributed by atoms with Crippen LogP contribution in [0.15, 0.2) is 28.9 Å². The third kappa shape index (κ3) is 6.94. The van der Waals surface area contributed by atoms with Crippen molar-refractivity contribution < 1.29 is 17.9 Å². The van der Waals surface area contributed by atoms with Crippen molar-refractivity contribution in [2.45, 2.75) is 39.0 Å². The summed E-state index contributed by atoms with van der Waals surface area (Å²) >= 11 is 0. The van der Waals surface area contributed by atoms with E-state index < -0.39 is 11.7 Å². The molecule has 0 N–H and O–H groups in total. The highest BCUT2D eigenvalue weighted by atomic mass is 19.4. The highest BCUT2D eigenvalue weighted by Crippen LogP contribution is 2.26. The minimum absolute atomic E-state index is 0.00248. The summed E-state index contributed by atoms with van der Waals surface area (Å²) in [4.78, 5) is 3.98. The number of aliphatic imine (C=N–C) groups is 1. The van der Waals surface area contributed by atoms with Gasteiger partial charge in [-0.15, -0.1) is 0 Å². The van der Waals surface area contributed by atoms with Crippen LogP contribution in [0.1, 0.15) is 26.7 Å². The maximum Gasteiger partial charge on any atom is 0.415 e. The number of hydrogen-bond acceptors (Lipinski definition) is 2. The molecule has 0 aromatic heterocycles. The molecular formula is C12H18F3NO. The monoisotopic (exact) mass is 249 g/mol. The van der Waals surface area contributed by atoms with Crippen molar-refractivity contribution >= 4 is 6.21 Å². The molecule has 0 heterocycles. The van der Waals surface area contributed by atoms with Gasteiger partial charge in [0.05, 0.1) is 11.7 Å². The highest BCUT2D eigenvalue weighted by Gasteiger charge is 2.30. The lowest BCUT2D eigenvalue weighted by molar-refractivity contribution is -0.0879. The molecule has 0 aliphatic heterocycles. The van der Waals surface area contributed by atoms with Crippen LogP contribution in [0.3, 0.4) is 0 Å². The highest BCUT2D eigenvalue weighted by molar-refractivity contribution is 5.59. The molecule has 0 saturated heterocycles. The van der Waals surface area contributed by atoms with E-state index in [1.54, 1.807) is 20.2 Å². The van der Waals surface area contributed by atoms with Crippen LogP contribution < -0.4 is 0 Å². The van der Waals surface area contributed by atoms with E-state index in [1.807, 2.05) is 6.92 Å². The van der Waals surface area contributed by atoms with Gasteiger partial charge in [0.15, 0.2) is 0 Å². The lowest BCUT2D eigenvalue weighted by Gasteiger charge is -2.07. The van der Waals surface area contributed by atoms with E-state index in [1.165, 1.54) is 0 Å². The fourth-order valence-corrected chi connectivity index (χ4v) is 0.928. The van der Waals surface area contributed by atoms with E-state index in [4.69, 9.17) is 4.74 Å². The molecule has 1 atom stereocenters. The van der Waals surface area contributed by atoms with Gasteiger partial charge in [0.1, 0.15) is 0 Å². The zero-order valence-corrected chi connectivity index (χ0v) is 10.3. The molecule has 0 aromatic rings. The molecule has 0 rings (SSSR count). The minimum Gasteiger partial charge on any atom is -0.381 e. The summed E-state index contributed by atoms with van der Waals surface area (Å²) in [6.07, 6.45) is -0.876. The van der Waals surface area contributed by atoms with E-state index in [-0.39, 0.29) is 6.10 Å². The first-order valence-electron chi connectivity index (χ1n) is 5.33. The Morgan fingerprint density at radius 3 is 2.47 bits per heavy atom. The van der Waals surface area contributed by atoms with Crippen LogP contribution in [0.4, 0.5) is 13.2 Å². The Labute approximate surface area is 99.9 Å². The van der Waals surface area contributed by atoms with Crippen molar-refractivity contribution in [1.82, 2.24) is 0 Å². The number of allylic oxidation sites excluding steroid dienone is 3. The Morgan fingerprint density at radius 2 is 2.06 bits per heavy atom. The van der Waals surface area contributed by atoms with Crippen LogP contribution in [0.25, 0.3) is 0 Å². The lowest BCUT2D eigenvalue weighted by Crippen LogP contribution is -2.09. The SMILES string of the molecule is C=C(/C=C(\CC)N=CCC(C)OC)C(F)(F)F. The van der Waals surface area contributed by atoms with Crippen LogP contribution in [0.2, 0.25) is 0 Å². The molecule has 0 fully saturated rings. The number of nitrogens with zero attached hydrogens (tertiary/aromatic N) is 1. The molecule has 0 aromatic carbocycles. The van der Waals surface area contributed by atoms with Gasteiger partial charge in [-0.25, -0.2) is 0 Å². The van der Waals surface area contributed by atoms with Crippen LogP contribution in [0.5, 0.6) is 0 Å². The molecule has 0 spiro atoms. The maximum atomic E-state index is 12.2. The molecule has 1 unspecified atom stereocenters. The van der Waals surface area contributed by atoms with Crippen molar-refractivity contribution in [3.63, 3.8) is 0 Å². The van der Waals surface area contributed by atoms with Gasteiger partial charge in [-0.3, -0.25) is 4.99 Å². The van der Waals surface area contributed by atoms with Crippen LogP contribution >= 0.6 is 0 Å². The summed E-state index contributed by atoms with van der Waals surface area (Å²) in [5.41, 5.74) is -0.526. The zero-order chi connectivity index (χ0) is 13.5. The number of rotatable bonds is 6. The zero-order valence-electron chi connectivity index (χ0n) is 10.3. The summed E-state index contributed by atoms with van der Waals surface area (Å²) in [7, 11) is 1.57. The van der Waals surface area contributed by atoms with Crippen molar-refractivity contribution in [2.75, 3.05) is 7.11 Å². The molecule has 2 nitrogen and oxygen atoms in total. The summed E-state index contributed by atoms with van der Waals surface area (Å²) in [5.74, 6) is 0. The second kappa shape index (κ2) is 7.27. The second-order valence-corrected chi connectivity index (χ2v) is 3.61.